The molecule has 1 saturated heterocycles. The van der Waals surface area contributed by atoms with Crippen LogP contribution in [0.4, 0.5) is 11.4 Å². The zero-order chi connectivity index (χ0) is 25.7. The number of hydrogen-bond acceptors (Lipinski definition) is 6. The average Bonchev–Trinajstić information content (AvgIpc) is 2.90. The lowest BCUT2D eigenvalue weighted by Crippen LogP contribution is -2.49. The van der Waals surface area contributed by atoms with Crippen LogP contribution >= 0.6 is 0 Å². The molecule has 1 atom stereocenters. The van der Waals surface area contributed by atoms with Crippen LogP contribution in [-0.2, 0) is 10.0 Å². The topological polar surface area (TPSA) is 65.1 Å². The molecule has 0 aromatic heterocycles. The molecule has 4 rings (SSSR count). The molecule has 3 aromatic carbocycles. The summed E-state index contributed by atoms with van der Waals surface area (Å²) in [6, 6.07) is 23.7. The smallest absolute Gasteiger partial charge is 0.240 e. The second kappa shape index (κ2) is 11.3. The van der Waals surface area contributed by atoms with E-state index in [9.17, 15) is 8.42 Å². The van der Waals surface area contributed by atoms with Gasteiger partial charge >= 0.3 is 0 Å². The fourth-order valence-corrected chi connectivity index (χ4v) is 5.80. The van der Waals surface area contributed by atoms with Gasteiger partial charge in [-0.1, -0.05) is 30.3 Å². The Morgan fingerprint density at radius 3 is 2.19 bits per heavy atom. The van der Waals surface area contributed by atoms with Crippen molar-refractivity contribution in [3.63, 3.8) is 0 Å². The standard InChI is InChI=1S/C28H36N4O3S/c1-22-20-26(14-15-28(22)35-4)36(33,34)29-21-27(23-10-12-24(13-11-23)30(2)3)32-18-16-31(17-19-32)25-8-6-5-7-9-25/h5-15,20,27,29H,16-19,21H2,1-4H3. The molecule has 0 bridgehead atoms. The molecule has 0 radical (unpaired) electrons. The van der Waals surface area contributed by atoms with Gasteiger partial charge < -0.3 is 14.5 Å². The van der Waals surface area contributed by atoms with Crippen LogP contribution in [-0.4, -0.2) is 67.2 Å². The zero-order valence-electron chi connectivity index (χ0n) is 21.5. The first kappa shape index (κ1) is 26.0. The third kappa shape index (κ3) is 6.00. The van der Waals surface area contributed by atoms with Gasteiger partial charge in [-0.2, -0.15) is 0 Å². The molecule has 7 nitrogen and oxygen atoms in total. The summed E-state index contributed by atoms with van der Waals surface area (Å²) >= 11 is 0. The highest BCUT2D eigenvalue weighted by Crippen LogP contribution is 2.27. The van der Waals surface area contributed by atoms with Crippen LogP contribution in [0.25, 0.3) is 0 Å². The SMILES string of the molecule is COc1ccc(S(=O)(=O)NCC(c2ccc(N(C)C)cc2)N2CCN(c3ccccc3)CC2)cc1C. The maximum absolute atomic E-state index is 13.2. The fourth-order valence-electron chi connectivity index (χ4n) is 4.67. The summed E-state index contributed by atoms with van der Waals surface area (Å²) in [5, 5.41) is 0. The number of piperazine rings is 1. The van der Waals surface area contributed by atoms with Crippen LogP contribution in [0.2, 0.25) is 0 Å². The summed E-state index contributed by atoms with van der Waals surface area (Å²) in [4.78, 5) is 7.07. The fraction of sp³-hybridized carbons (Fsp3) is 0.357. The molecule has 3 aromatic rings. The second-order valence-corrected chi connectivity index (χ2v) is 11.1. The van der Waals surface area contributed by atoms with E-state index >= 15 is 0 Å². The number of nitrogens with zero attached hydrogens (tertiary/aromatic N) is 3. The summed E-state index contributed by atoms with van der Waals surface area (Å²) in [6.45, 7) is 5.61. The minimum atomic E-state index is -3.68. The highest BCUT2D eigenvalue weighted by atomic mass is 32.2. The molecule has 192 valence electrons. The van der Waals surface area contributed by atoms with Crippen LogP contribution in [0.5, 0.6) is 5.75 Å². The molecule has 36 heavy (non-hydrogen) atoms. The Kier molecular flexibility index (Phi) is 8.18. The van der Waals surface area contributed by atoms with Crippen LogP contribution in [0.15, 0.2) is 77.7 Å². The predicted octanol–water partition coefficient (Wildman–Crippen LogP) is 3.91. The van der Waals surface area contributed by atoms with E-state index in [1.54, 1.807) is 25.3 Å². The van der Waals surface area contributed by atoms with Crippen molar-refractivity contribution < 1.29 is 13.2 Å². The molecule has 0 spiro atoms. The van der Waals surface area contributed by atoms with Crippen molar-refractivity contribution in [1.29, 1.82) is 0 Å². The normalized spacial score (nSPS) is 15.5. The van der Waals surface area contributed by atoms with Gasteiger partial charge in [-0.3, -0.25) is 4.90 Å². The molecule has 8 heteroatoms. The van der Waals surface area contributed by atoms with Crippen molar-refractivity contribution >= 4 is 21.4 Å². The molecule has 1 heterocycles. The van der Waals surface area contributed by atoms with Crippen molar-refractivity contribution in [2.24, 2.45) is 0 Å². The highest BCUT2D eigenvalue weighted by Gasteiger charge is 2.27. The van der Waals surface area contributed by atoms with Crippen LogP contribution < -0.4 is 19.3 Å². The number of nitrogens with one attached hydrogen (secondary N) is 1. The third-order valence-electron chi connectivity index (χ3n) is 6.81. The monoisotopic (exact) mass is 508 g/mol. The molecule has 1 aliphatic heterocycles. The number of para-hydroxylation sites is 1. The maximum atomic E-state index is 13.2. The van der Waals surface area contributed by atoms with Gasteiger partial charge in [0.2, 0.25) is 10.0 Å². The maximum Gasteiger partial charge on any atom is 0.240 e. The Hall–Kier alpha value is -3.07. The number of rotatable bonds is 9. The van der Waals surface area contributed by atoms with E-state index in [1.807, 2.05) is 27.1 Å². The molecule has 1 aliphatic rings. The van der Waals surface area contributed by atoms with E-state index < -0.39 is 10.0 Å². The largest absolute Gasteiger partial charge is 0.496 e. The van der Waals surface area contributed by atoms with Crippen LogP contribution in [0.1, 0.15) is 17.2 Å². The van der Waals surface area contributed by atoms with Gasteiger partial charge in [-0.05, 0) is 60.5 Å². The lowest BCUT2D eigenvalue weighted by molar-refractivity contribution is 0.187. The summed E-state index contributed by atoms with van der Waals surface area (Å²) in [6.07, 6.45) is 0. The average molecular weight is 509 g/mol. The Morgan fingerprint density at radius 1 is 0.944 bits per heavy atom. The van der Waals surface area contributed by atoms with Crippen molar-refractivity contribution in [3.05, 3.63) is 83.9 Å². The number of ether oxygens (including phenoxy) is 1. The number of hydrogen-bond donors (Lipinski definition) is 1. The van der Waals surface area contributed by atoms with E-state index in [4.69, 9.17) is 4.74 Å². The Labute approximate surface area is 215 Å². The van der Waals surface area contributed by atoms with Gasteiger partial charge in [0.25, 0.3) is 0 Å². The van der Waals surface area contributed by atoms with Crippen LogP contribution in [0, 0.1) is 6.92 Å². The summed E-state index contributed by atoms with van der Waals surface area (Å²) in [5.74, 6) is 0.670. The van der Waals surface area contributed by atoms with E-state index in [0.29, 0.717) is 12.3 Å². The second-order valence-electron chi connectivity index (χ2n) is 9.34. The first-order valence-corrected chi connectivity index (χ1v) is 13.7. The van der Waals surface area contributed by atoms with Crippen LogP contribution in [0.3, 0.4) is 0 Å². The Bertz CT molecular complexity index is 1240. The molecule has 1 unspecified atom stereocenters. The van der Waals surface area contributed by atoms with E-state index in [-0.39, 0.29) is 10.9 Å². The quantitative estimate of drug-likeness (QED) is 0.473. The zero-order valence-corrected chi connectivity index (χ0v) is 22.3. The van der Waals surface area contributed by atoms with Gasteiger partial charge in [0, 0.05) is 64.2 Å². The molecule has 1 N–H and O–H groups in total. The van der Waals surface area contributed by atoms with Crippen molar-refractivity contribution in [2.75, 3.05) is 63.7 Å². The molecule has 1 fully saturated rings. The van der Waals surface area contributed by atoms with E-state index in [1.165, 1.54) is 5.69 Å². The summed E-state index contributed by atoms with van der Waals surface area (Å²) < 4.78 is 34.6. The number of methoxy groups -OCH3 is 1. The minimum absolute atomic E-state index is 0.0757. The van der Waals surface area contributed by atoms with Gasteiger partial charge in [-0.15, -0.1) is 0 Å². The Balaban J connectivity index is 1.53. The number of anilines is 2. The lowest BCUT2D eigenvalue weighted by atomic mass is 10.0. The molecule has 0 aliphatic carbocycles. The van der Waals surface area contributed by atoms with Crippen molar-refractivity contribution in [3.8, 4) is 5.75 Å². The minimum Gasteiger partial charge on any atom is -0.496 e. The van der Waals surface area contributed by atoms with Gasteiger partial charge in [0.15, 0.2) is 0 Å². The van der Waals surface area contributed by atoms with Gasteiger partial charge in [-0.25, -0.2) is 13.1 Å². The molecular weight excluding hydrogens is 472 g/mol. The van der Waals surface area contributed by atoms with E-state index in [0.717, 1.165) is 43.0 Å². The first-order valence-electron chi connectivity index (χ1n) is 12.2. The van der Waals surface area contributed by atoms with Crippen molar-refractivity contribution in [2.45, 2.75) is 17.9 Å². The number of benzene rings is 3. The molecular formula is C28H36N4O3S. The summed E-state index contributed by atoms with van der Waals surface area (Å²) in [5.41, 5.74) is 4.22. The predicted molar refractivity (Wildman–Crippen MR) is 147 cm³/mol. The Morgan fingerprint density at radius 2 is 1.61 bits per heavy atom. The van der Waals surface area contributed by atoms with E-state index in [2.05, 4.69) is 68.0 Å². The van der Waals surface area contributed by atoms with Crippen molar-refractivity contribution in [1.82, 2.24) is 9.62 Å². The number of sulfonamides is 1. The number of aryl methyl sites for hydroxylation is 1. The first-order chi connectivity index (χ1) is 17.3. The van der Waals surface area contributed by atoms with Gasteiger partial charge in [0.05, 0.1) is 12.0 Å². The molecule has 0 amide bonds. The lowest BCUT2D eigenvalue weighted by Gasteiger charge is -2.40. The highest BCUT2D eigenvalue weighted by molar-refractivity contribution is 7.89. The summed E-state index contributed by atoms with van der Waals surface area (Å²) in [7, 11) is 1.93. The van der Waals surface area contributed by atoms with Gasteiger partial charge in [0.1, 0.15) is 5.75 Å². The molecule has 0 saturated carbocycles. The third-order valence-corrected chi connectivity index (χ3v) is 8.24.